The van der Waals surface area contributed by atoms with Crippen LogP contribution in [0, 0.1) is 0 Å². The van der Waals surface area contributed by atoms with E-state index in [-0.39, 0.29) is 11.6 Å². The monoisotopic (exact) mass is 620 g/mol. The van der Waals surface area contributed by atoms with Crippen molar-refractivity contribution in [1.29, 1.82) is 0 Å². The summed E-state index contributed by atoms with van der Waals surface area (Å²) >= 11 is 25.9. The first-order valence-electron chi connectivity index (χ1n) is 12.8. The van der Waals surface area contributed by atoms with Gasteiger partial charge in [0.05, 0.1) is 10.0 Å². The lowest BCUT2D eigenvalue weighted by atomic mass is 9.89. The van der Waals surface area contributed by atoms with Gasteiger partial charge in [-0.3, -0.25) is 9.59 Å². The van der Waals surface area contributed by atoms with Gasteiger partial charge in [-0.2, -0.15) is 0 Å². The van der Waals surface area contributed by atoms with Gasteiger partial charge < -0.3 is 4.42 Å². The Hall–Kier alpha value is -3.34. The van der Waals surface area contributed by atoms with E-state index >= 15 is 0 Å². The zero-order chi connectivity index (χ0) is 29.6. The Bertz CT molecular complexity index is 1660. The Morgan fingerprint density at radius 3 is 1.20 bits per heavy atom. The third-order valence-electron chi connectivity index (χ3n) is 7.00. The third kappa shape index (κ3) is 5.73. The summed E-state index contributed by atoms with van der Waals surface area (Å²) in [7, 11) is 0. The Morgan fingerprint density at radius 2 is 0.878 bits per heavy atom. The van der Waals surface area contributed by atoms with Crippen LogP contribution in [0.4, 0.5) is 0 Å². The summed E-state index contributed by atoms with van der Waals surface area (Å²) in [5.41, 5.74) is 6.79. The Morgan fingerprint density at radius 1 is 0.537 bits per heavy atom. The van der Waals surface area contributed by atoms with Gasteiger partial charge in [0.15, 0.2) is 11.6 Å². The fourth-order valence-corrected chi connectivity index (χ4v) is 6.05. The molecule has 206 valence electrons. The number of hydrogen-bond donors (Lipinski definition) is 0. The molecule has 2 aliphatic rings. The van der Waals surface area contributed by atoms with Crippen molar-refractivity contribution in [1.82, 2.24) is 0 Å². The summed E-state index contributed by atoms with van der Waals surface area (Å²) in [5.74, 6) is 1.02. The quantitative estimate of drug-likeness (QED) is 0.291. The zero-order valence-corrected chi connectivity index (χ0v) is 25.7. The SMILES string of the molecule is CC1=CC(=C(c2ccc(C(=C3C=C(C)C(=O)C(C)=C3)c3ccc(Cl)cc3Cl)o2)c2ccc(Cl)cc2Cl)C=C(C)C1=O. The van der Waals surface area contributed by atoms with Crippen molar-refractivity contribution in [2.24, 2.45) is 0 Å². The minimum absolute atomic E-state index is 0.0176. The van der Waals surface area contributed by atoms with Crippen LogP contribution in [0.3, 0.4) is 0 Å². The number of carbonyl (C=O) groups excluding carboxylic acids is 2. The van der Waals surface area contributed by atoms with Crippen LogP contribution >= 0.6 is 46.4 Å². The van der Waals surface area contributed by atoms with E-state index in [1.54, 1.807) is 52.0 Å². The van der Waals surface area contributed by atoms with Crippen molar-refractivity contribution in [3.63, 3.8) is 0 Å². The fourth-order valence-electron chi connectivity index (χ4n) is 5.04. The number of furan rings is 1. The maximum absolute atomic E-state index is 12.5. The maximum Gasteiger partial charge on any atom is 0.184 e. The predicted molar refractivity (Wildman–Crippen MR) is 169 cm³/mol. The molecule has 7 heteroatoms. The molecule has 41 heavy (non-hydrogen) atoms. The number of hydrogen-bond acceptors (Lipinski definition) is 3. The molecule has 2 aliphatic carbocycles. The minimum Gasteiger partial charge on any atom is -0.456 e. The van der Waals surface area contributed by atoms with Gasteiger partial charge in [-0.25, -0.2) is 0 Å². The molecule has 0 N–H and O–H groups in total. The van der Waals surface area contributed by atoms with Gasteiger partial charge in [0.25, 0.3) is 0 Å². The maximum atomic E-state index is 12.5. The summed E-state index contributed by atoms with van der Waals surface area (Å²) in [4.78, 5) is 25.1. The normalized spacial score (nSPS) is 15.4. The van der Waals surface area contributed by atoms with Crippen molar-refractivity contribution in [2.45, 2.75) is 27.7 Å². The fraction of sp³-hybridized carbons (Fsp3) is 0.118. The van der Waals surface area contributed by atoms with E-state index in [0.29, 0.717) is 76.2 Å². The number of Topliss-reactive ketones (excluding diaryl/α,β-unsaturated/α-hetero) is 2. The molecule has 0 saturated heterocycles. The summed E-state index contributed by atoms with van der Waals surface area (Å²) in [6.07, 6.45) is 7.33. The van der Waals surface area contributed by atoms with Crippen molar-refractivity contribution in [3.8, 4) is 0 Å². The Kier molecular flexibility index (Phi) is 8.18. The highest BCUT2D eigenvalue weighted by Crippen LogP contribution is 2.41. The average molecular weight is 622 g/mol. The van der Waals surface area contributed by atoms with Crippen LogP contribution in [0.15, 0.2) is 111 Å². The van der Waals surface area contributed by atoms with E-state index < -0.39 is 0 Å². The Balaban J connectivity index is 1.79. The molecule has 0 bridgehead atoms. The van der Waals surface area contributed by atoms with E-state index in [0.717, 1.165) is 11.1 Å². The van der Waals surface area contributed by atoms with Crippen LogP contribution in [-0.2, 0) is 9.59 Å². The number of halogens is 4. The largest absolute Gasteiger partial charge is 0.456 e. The molecule has 0 atom stereocenters. The van der Waals surface area contributed by atoms with Crippen molar-refractivity contribution < 1.29 is 14.0 Å². The summed E-state index contributed by atoms with van der Waals surface area (Å²) in [5, 5.41) is 1.88. The summed E-state index contributed by atoms with van der Waals surface area (Å²) < 4.78 is 6.60. The van der Waals surface area contributed by atoms with Gasteiger partial charge in [0.1, 0.15) is 11.5 Å². The molecule has 0 unspecified atom stereocenters. The molecule has 5 rings (SSSR count). The number of allylic oxidation sites excluding steroid dienone is 10. The third-order valence-corrected chi connectivity index (χ3v) is 8.09. The molecule has 1 heterocycles. The lowest BCUT2D eigenvalue weighted by molar-refractivity contribution is -0.113. The van der Waals surface area contributed by atoms with E-state index in [2.05, 4.69) is 0 Å². The highest BCUT2D eigenvalue weighted by atomic mass is 35.5. The second-order valence-corrected chi connectivity index (χ2v) is 11.7. The van der Waals surface area contributed by atoms with Gasteiger partial charge in [-0.15, -0.1) is 0 Å². The summed E-state index contributed by atoms with van der Waals surface area (Å²) in [6.45, 7) is 7.14. The molecule has 0 spiro atoms. The molecule has 0 fully saturated rings. The standard InChI is InChI=1S/C34H24Cl4O3/c1-17-11-21(12-18(2)33(17)39)31(25-7-5-23(35)15-27(25)37)29-9-10-30(41-29)32(26-8-6-24(36)16-28(26)38)22-13-19(3)34(40)20(4)14-22/h5-16H,1-4H3. The van der Waals surface area contributed by atoms with E-state index in [4.69, 9.17) is 50.8 Å². The highest BCUT2D eigenvalue weighted by Gasteiger charge is 2.25. The first-order chi connectivity index (χ1) is 19.4. The highest BCUT2D eigenvalue weighted by molar-refractivity contribution is 6.36. The van der Waals surface area contributed by atoms with Crippen LogP contribution in [0.25, 0.3) is 11.1 Å². The van der Waals surface area contributed by atoms with Crippen molar-refractivity contribution >= 4 is 69.1 Å². The number of ketones is 2. The van der Waals surface area contributed by atoms with Crippen LogP contribution in [0.5, 0.6) is 0 Å². The summed E-state index contributed by atoms with van der Waals surface area (Å²) in [6, 6.07) is 14.2. The second-order valence-electron chi connectivity index (χ2n) is 10.0. The van der Waals surface area contributed by atoms with Gasteiger partial charge in [-0.05, 0) is 122 Å². The van der Waals surface area contributed by atoms with Gasteiger partial charge >= 0.3 is 0 Å². The van der Waals surface area contributed by atoms with Crippen LogP contribution in [0.2, 0.25) is 20.1 Å². The topological polar surface area (TPSA) is 47.3 Å². The van der Waals surface area contributed by atoms with E-state index in [1.165, 1.54) is 0 Å². The Labute approximate surface area is 258 Å². The molecule has 3 aromatic rings. The molecule has 0 radical (unpaired) electrons. The first-order valence-corrected chi connectivity index (χ1v) is 14.3. The average Bonchev–Trinajstić information content (AvgIpc) is 3.37. The lowest BCUT2D eigenvalue weighted by Gasteiger charge is -2.17. The number of benzene rings is 2. The second kappa shape index (κ2) is 11.5. The van der Waals surface area contributed by atoms with Crippen molar-refractivity contribution in [2.75, 3.05) is 0 Å². The molecule has 0 aliphatic heterocycles. The van der Waals surface area contributed by atoms with Crippen LogP contribution < -0.4 is 0 Å². The molecular formula is C34H24Cl4O3. The van der Waals surface area contributed by atoms with Crippen LogP contribution in [-0.4, -0.2) is 11.6 Å². The van der Waals surface area contributed by atoms with E-state index in [9.17, 15) is 9.59 Å². The molecule has 3 nitrogen and oxygen atoms in total. The zero-order valence-electron chi connectivity index (χ0n) is 22.7. The van der Waals surface area contributed by atoms with E-state index in [1.807, 2.05) is 48.6 Å². The number of carbonyl (C=O) groups is 2. The van der Waals surface area contributed by atoms with Crippen molar-refractivity contribution in [3.05, 3.63) is 149 Å². The molecular weight excluding hydrogens is 598 g/mol. The van der Waals surface area contributed by atoms with Gasteiger partial charge in [-0.1, -0.05) is 58.5 Å². The first kappa shape index (κ1) is 29.2. The minimum atomic E-state index is -0.0176. The van der Waals surface area contributed by atoms with Gasteiger partial charge in [0, 0.05) is 32.3 Å². The lowest BCUT2D eigenvalue weighted by Crippen LogP contribution is -2.07. The van der Waals surface area contributed by atoms with Gasteiger partial charge in [0.2, 0.25) is 0 Å². The molecule has 0 saturated carbocycles. The van der Waals surface area contributed by atoms with Crippen LogP contribution in [0.1, 0.15) is 50.3 Å². The molecule has 1 aromatic heterocycles. The predicted octanol–water partition coefficient (Wildman–Crippen LogP) is 10.4. The number of rotatable bonds is 4. The smallest absolute Gasteiger partial charge is 0.184 e. The molecule has 0 amide bonds. The molecule has 2 aromatic carbocycles.